The molecule has 1 aromatic heterocycles. The fourth-order valence-corrected chi connectivity index (χ4v) is 4.93. The van der Waals surface area contributed by atoms with Crippen molar-refractivity contribution in [3.05, 3.63) is 17.6 Å². The van der Waals surface area contributed by atoms with Gasteiger partial charge in [-0.05, 0) is 38.5 Å². The molecule has 0 radical (unpaired) electrons. The van der Waals surface area contributed by atoms with Gasteiger partial charge < -0.3 is 11.1 Å². The third kappa shape index (κ3) is 3.50. The summed E-state index contributed by atoms with van der Waals surface area (Å²) < 4.78 is 23.1. The Morgan fingerprint density at radius 1 is 1.04 bits per heavy atom. The SMILES string of the molecule is NC1CC(c2cc(NC3CCS(=O)(=O)CC3)nc(C3CC3)n2)C1. The van der Waals surface area contributed by atoms with Crippen molar-refractivity contribution in [3.63, 3.8) is 0 Å². The van der Waals surface area contributed by atoms with E-state index in [2.05, 4.69) is 10.3 Å². The van der Waals surface area contributed by atoms with Crippen molar-refractivity contribution in [3.8, 4) is 0 Å². The highest BCUT2D eigenvalue weighted by Gasteiger charge is 2.32. The summed E-state index contributed by atoms with van der Waals surface area (Å²) in [4.78, 5) is 9.45. The Hall–Kier alpha value is -1.21. The lowest BCUT2D eigenvalue weighted by molar-refractivity contribution is 0.344. The number of nitrogens with one attached hydrogen (secondary N) is 1. The molecule has 3 fully saturated rings. The lowest BCUT2D eigenvalue weighted by Gasteiger charge is -2.32. The minimum Gasteiger partial charge on any atom is -0.367 e. The molecule has 126 valence electrons. The highest BCUT2D eigenvalue weighted by Crippen LogP contribution is 2.41. The summed E-state index contributed by atoms with van der Waals surface area (Å²) in [6, 6.07) is 2.54. The standard InChI is InChI=1S/C16H24N4O2S/c17-12-7-11(8-12)14-9-15(20-16(19-14)10-1-2-10)18-13-3-5-23(21,22)6-4-13/h9-13H,1-8,17H2,(H,18,19,20). The van der Waals surface area contributed by atoms with Gasteiger partial charge in [-0.25, -0.2) is 18.4 Å². The van der Waals surface area contributed by atoms with Crippen LogP contribution in [0.25, 0.3) is 0 Å². The van der Waals surface area contributed by atoms with Gasteiger partial charge in [-0.2, -0.15) is 0 Å². The molecule has 0 aromatic carbocycles. The second-order valence-corrected chi connectivity index (χ2v) is 9.61. The predicted octanol–water partition coefficient (Wildman–Crippen LogP) is 1.55. The molecule has 23 heavy (non-hydrogen) atoms. The van der Waals surface area contributed by atoms with E-state index in [4.69, 9.17) is 10.7 Å². The topological polar surface area (TPSA) is 98.0 Å². The molecule has 1 aliphatic heterocycles. The Balaban J connectivity index is 1.50. The quantitative estimate of drug-likeness (QED) is 0.865. The number of sulfone groups is 1. The van der Waals surface area contributed by atoms with E-state index in [9.17, 15) is 8.42 Å². The van der Waals surface area contributed by atoms with Crippen molar-refractivity contribution >= 4 is 15.7 Å². The van der Waals surface area contributed by atoms with Crippen LogP contribution in [0.2, 0.25) is 0 Å². The zero-order valence-corrected chi connectivity index (χ0v) is 14.1. The Labute approximate surface area is 137 Å². The fraction of sp³-hybridized carbons (Fsp3) is 0.750. The van der Waals surface area contributed by atoms with E-state index < -0.39 is 9.84 Å². The van der Waals surface area contributed by atoms with Gasteiger partial charge in [-0.15, -0.1) is 0 Å². The zero-order valence-electron chi connectivity index (χ0n) is 13.2. The van der Waals surface area contributed by atoms with Crippen LogP contribution in [-0.2, 0) is 9.84 Å². The molecule has 3 aliphatic rings. The summed E-state index contributed by atoms with van der Waals surface area (Å²) in [6.07, 6.45) is 5.68. The molecule has 1 saturated heterocycles. The maximum atomic E-state index is 11.6. The molecular formula is C16H24N4O2S. The molecule has 0 spiro atoms. The van der Waals surface area contributed by atoms with Crippen molar-refractivity contribution in [1.82, 2.24) is 9.97 Å². The van der Waals surface area contributed by atoms with Crippen molar-refractivity contribution in [2.45, 2.75) is 62.4 Å². The smallest absolute Gasteiger partial charge is 0.150 e. The molecule has 1 aromatic rings. The summed E-state index contributed by atoms with van der Waals surface area (Å²) in [5.41, 5.74) is 7.02. The summed E-state index contributed by atoms with van der Waals surface area (Å²) >= 11 is 0. The number of hydrogen-bond acceptors (Lipinski definition) is 6. The van der Waals surface area contributed by atoms with Crippen LogP contribution in [0.1, 0.15) is 61.9 Å². The highest BCUT2D eigenvalue weighted by atomic mass is 32.2. The lowest BCUT2D eigenvalue weighted by Crippen LogP contribution is -2.35. The van der Waals surface area contributed by atoms with Gasteiger partial charge >= 0.3 is 0 Å². The van der Waals surface area contributed by atoms with Crippen molar-refractivity contribution in [2.24, 2.45) is 5.73 Å². The molecular weight excluding hydrogens is 312 g/mol. The van der Waals surface area contributed by atoms with Crippen LogP contribution in [0.5, 0.6) is 0 Å². The molecule has 4 rings (SSSR count). The van der Waals surface area contributed by atoms with Crippen molar-refractivity contribution in [2.75, 3.05) is 16.8 Å². The second-order valence-electron chi connectivity index (χ2n) is 7.31. The van der Waals surface area contributed by atoms with Crippen LogP contribution >= 0.6 is 0 Å². The maximum absolute atomic E-state index is 11.6. The van der Waals surface area contributed by atoms with Gasteiger partial charge in [0.1, 0.15) is 21.5 Å². The normalized spacial score (nSPS) is 30.7. The van der Waals surface area contributed by atoms with Crippen LogP contribution < -0.4 is 11.1 Å². The van der Waals surface area contributed by atoms with E-state index in [1.165, 1.54) is 12.8 Å². The Morgan fingerprint density at radius 2 is 1.74 bits per heavy atom. The van der Waals surface area contributed by atoms with Gasteiger partial charge in [-0.1, -0.05) is 0 Å². The first-order valence-electron chi connectivity index (χ1n) is 8.60. The lowest BCUT2D eigenvalue weighted by atomic mass is 9.78. The van der Waals surface area contributed by atoms with E-state index in [0.717, 1.165) is 30.2 Å². The van der Waals surface area contributed by atoms with Gasteiger partial charge in [0.15, 0.2) is 0 Å². The molecule has 6 nitrogen and oxygen atoms in total. The van der Waals surface area contributed by atoms with Gasteiger partial charge in [-0.3, -0.25) is 0 Å². The van der Waals surface area contributed by atoms with Crippen molar-refractivity contribution < 1.29 is 8.42 Å². The molecule has 2 saturated carbocycles. The minimum atomic E-state index is -2.83. The van der Waals surface area contributed by atoms with E-state index in [1.54, 1.807) is 0 Å². The molecule has 0 atom stereocenters. The monoisotopic (exact) mass is 336 g/mol. The van der Waals surface area contributed by atoms with Gasteiger partial charge in [0.2, 0.25) is 0 Å². The third-order valence-electron chi connectivity index (χ3n) is 5.21. The van der Waals surface area contributed by atoms with E-state index in [0.29, 0.717) is 30.7 Å². The van der Waals surface area contributed by atoms with Crippen LogP contribution in [-0.4, -0.2) is 42.0 Å². The summed E-state index contributed by atoms with van der Waals surface area (Å²) in [5.74, 6) is 3.33. The largest absolute Gasteiger partial charge is 0.367 e. The molecule has 7 heteroatoms. The fourth-order valence-electron chi connectivity index (χ4n) is 3.44. The van der Waals surface area contributed by atoms with Crippen molar-refractivity contribution in [1.29, 1.82) is 0 Å². The number of aromatic nitrogens is 2. The molecule has 2 heterocycles. The van der Waals surface area contributed by atoms with Crippen LogP contribution in [0.15, 0.2) is 6.07 Å². The number of rotatable bonds is 4. The number of hydrogen-bond donors (Lipinski definition) is 2. The Morgan fingerprint density at radius 3 is 2.35 bits per heavy atom. The maximum Gasteiger partial charge on any atom is 0.150 e. The van der Waals surface area contributed by atoms with E-state index in [-0.39, 0.29) is 17.5 Å². The van der Waals surface area contributed by atoms with Gasteiger partial charge in [0.25, 0.3) is 0 Å². The Kier molecular flexibility index (Phi) is 3.80. The average Bonchev–Trinajstić information content (AvgIpc) is 3.31. The number of nitrogens with zero attached hydrogens (tertiary/aromatic N) is 2. The first-order chi connectivity index (χ1) is 11.0. The average molecular weight is 336 g/mol. The summed E-state index contributed by atoms with van der Waals surface area (Å²) in [7, 11) is -2.83. The first kappa shape index (κ1) is 15.3. The van der Waals surface area contributed by atoms with Gasteiger partial charge in [0.05, 0.1) is 11.5 Å². The Bertz CT molecular complexity index is 682. The molecule has 0 amide bonds. The molecule has 2 aliphatic carbocycles. The van der Waals surface area contributed by atoms with Crippen LogP contribution in [0, 0.1) is 0 Å². The van der Waals surface area contributed by atoms with E-state index in [1.807, 2.05) is 6.07 Å². The molecule has 3 N–H and O–H groups in total. The van der Waals surface area contributed by atoms with Gasteiger partial charge in [0, 0.05) is 35.7 Å². The summed E-state index contributed by atoms with van der Waals surface area (Å²) in [5, 5.41) is 3.45. The second kappa shape index (κ2) is 5.70. The predicted molar refractivity (Wildman–Crippen MR) is 89.3 cm³/mol. The molecule has 0 bridgehead atoms. The van der Waals surface area contributed by atoms with Crippen LogP contribution in [0.3, 0.4) is 0 Å². The zero-order chi connectivity index (χ0) is 16.0. The first-order valence-corrected chi connectivity index (χ1v) is 10.4. The van der Waals surface area contributed by atoms with Crippen LogP contribution in [0.4, 0.5) is 5.82 Å². The molecule has 0 unspecified atom stereocenters. The number of anilines is 1. The summed E-state index contributed by atoms with van der Waals surface area (Å²) in [6.45, 7) is 0. The minimum absolute atomic E-state index is 0.192. The third-order valence-corrected chi connectivity index (χ3v) is 6.92. The highest BCUT2D eigenvalue weighted by molar-refractivity contribution is 7.91. The number of nitrogens with two attached hydrogens (primary N) is 1. The van der Waals surface area contributed by atoms with E-state index >= 15 is 0 Å².